The predicted molar refractivity (Wildman–Crippen MR) is 35.9 cm³/mol. The first kappa shape index (κ1) is 4.73. The zero-order chi connectivity index (χ0) is 7.72. The Bertz CT molecular complexity index is 236. The van der Waals surface area contributed by atoms with Crippen molar-refractivity contribution in [3.63, 3.8) is 0 Å². The van der Waals surface area contributed by atoms with Crippen LogP contribution in [0.25, 0.3) is 0 Å². The van der Waals surface area contributed by atoms with E-state index in [0.717, 1.165) is 11.3 Å². The van der Waals surface area contributed by atoms with Gasteiger partial charge in [-0.1, -0.05) is 0 Å². The second kappa shape index (κ2) is 2.01. The van der Waals surface area contributed by atoms with Gasteiger partial charge in [0.15, 0.2) is 0 Å². The second-order valence-electron chi connectivity index (χ2n) is 1.90. The maximum absolute atomic E-state index is 7.27. The van der Waals surface area contributed by atoms with Crippen LogP contribution < -0.4 is 5.73 Å². The molecule has 0 spiro atoms. The highest BCUT2D eigenvalue weighted by molar-refractivity contribution is 5.22. The Labute approximate surface area is 55.3 Å². The molecule has 0 amide bonds. The van der Waals surface area contributed by atoms with Gasteiger partial charge in [-0.15, -0.1) is 0 Å². The highest BCUT2D eigenvalue weighted by Crippen LogP contribution is 2.00. The molecule has 0 unspecified atom stereocenters. The molecular weight excluding hydrogens is 114 g/mol. The maximum atomic E-state index is 7.27. The fourth-order valence-corrected chi connectivity index (χ4v) is 0.503. The van der Waals surface area contributed by atoms with Crippen LogP contribution in [0.4, 0.5) is 5.95 Å². The third-order valence-corrected chi connectivity index (χ3v) is 1.16. The molecular formula is C6H9N3. The summed E-state index contributed by atoms with van der Waals surface area (Å²) in [5.74, 6) is 0.174. The average Bonchev–Trinajstić information content (AvgIpc) is 1.82. The normalized spacial score (nSPS) is 11.1. The van der Waals surface area contributed by atoms with E-state index in [4.69, 9.17) is 7.10 Å². The van der Waals surface area contributed by atoms with Crippen LogP contribution in [0.3, 0.4) is 0 Å². The lowest BCUT2D eigenvalue weighted by Gasteiger charge is -1.96. The van der Waals surface area contributed by atoms with Gasteiger partial charge >= 0.3 is 0 Å². The van der Waals surface area contributed by atoms with E-state index in [9.17, 15) is 0 Å². The van der Waals surface area contributed by atoms with E-state index in [0.29, 0.717) is 0 Å². The molecule has 48 valence electrons. The lowest BCUT2D eigenvalue weighted by molar-refractivity contribution is 1.08. The Morgan fingerprint density at radius 3 is 2.89 bits per heavy atom. The van der Waals surface area contributed by atoms with E-state index in [-0.39, 0.29) is 12.1 Å². The molecule has 0 aromatic carbocycles. The molecule has 0 radical (unpaired) electrons. The Morgan fingerprint density at radius 2 is 2.33 bits per heavy atom. The standard InChI is InChI=1S/C6H9N3/c1-4-3-8-6(7)9-5(4)2/h3H,1-2H3,(H2,7,8,9)/i3T. The molecule has 3 heteroatoms. The lowest BCUT2D eigenvalue weighted by atomic mass is 10.3. The first-order valence-corrected chi connectivity index (χ1v) is 2.68. The molecule has 0 aliphatic carbocycles. The number of aromatic nitrogens is 2. The van der Waals surface area contributed by atoms with E-state index in [2.05, 4.69) is 9.97 Å². The summed E-state index contributed by atoms with van der Waals surface area (Å²) in [5.41, 5.74) is 6.85. The predicted octanol–water partition coefficient (Wildman–Crippen LogP) is 0.676. The van der Waals surface area contributed by atoms with Crippen molar-refractivity contribution in [1.82, 2.24) is 9.97 Å². The van der Waals surface area contributed by atoms with Crippen LogP contribution in [0.5, 0.6) is 0 Å². The second-order valence-corrected chi connectivity index (χ2v) is 1.90. The number of hydrogen-bond donors (Lipinski definition) is 1. The van der Waals surface area contributed by atoms with Crippen LogP contribution in [0.1, 0.15) is 12.6 Å². The number of aryl methyl sites for hydroxylation is 1. The molecule has 2 N–H and O–H groups in total. The van der Waals surface area contributed by atoms with Gasteiger partial charge in [-0.05, 0) is 19.4 Å². The number of nitrogen functional groups attached to an aromatic ring is 1. The molecule has 1 aromatic rings. The smallest absolute Gasteiger partial charge is 0.220 e. The van der Waals surface area contributed by atoms with Gasteiger partial charge in [-0.25, -0.2) is 9.97 Å². The van der Waals surface area contributed by atoms with Crippen LogP contribution in [-0.2, 0) is 0 Å². The zero-order valence-electron chi connectivity index (χ0n) is 6.47. The van der Waals surface area contributed by atoms with Crippen LogP contribution in [0.2, 0.25) is 0 Å². The highest BCUT2D eigenvalue weighted by atomic mass is 15.0. The fraction of sp³-hybridized carbons (Fsp3) is 0.333. The summed E-state index contributed by atoms with van der Waals surface area (Å²) >= 11 is 0. The molecule has 9 heavy (non-hydrogen) atoms. The molecule has 1 aromatic heterocycles. The molecule has 0 aliphatic heterocycles. The maximum Gasteiger partial charge on any atom is 0.220 e. The van der Waals surface area contributed by atoms with E-state index in [1.807, 2.05) is 6.92 Å². The van der Waals surface area contributed by atoms with Crippen LogP contribution >= 0.6 is 0 Å². The van der Waals surface area contributed by atoms with Gasteiger partial charge in [-0.3, -0.25) is 0 Å². The Hall–Kier alpha value is -1.12. The third-order valence-electron chi connectivity index (χ3n) is 1.16. The monoisotopic (exact) mass is 125 g/mol. The topological polar surface area (TPSA) is 51.8 Å². The molecule has 0 bridgehead atoms. The van der Waals surface area contributed by atoms with Gasteiger partial charge < -0.3 is 5.73 Å². The summed E-state index contributed by atoms with van der Waals surface area (Å²) in [5, 5.41) is 0. The van der Waals surface area contributed by atoms with Crippen LogP contribution in [0, 0.1) is 13.8 Å². The van der Waals surface area contributed by atoms with Crippen molar-refractivity contribution >= 4 is 5.95 Å². The van der Waals surface area contributed by atoms with Gasteiger partial charge in [-0.2, -0.15) is 0 Å². The van der Waals surface area contributed by atoms with Crippen LogP contribution in [0.15, 0.2) is 6.17 Å². The van der Waals surface area contributed by atoms with Gasteiger partial charge in [0.25, 0.3) is 0 Å². The summed E-state index contributed by atoms with van der Waals surface area (Å²) < 4.78 is 7.27. The van der Waals surface area contributed by atoms with Gasteiger partial charge in [0.2, 0.25) is 5.95 Å². The SMILES string of the molecule is [3H]c1nc(N)nc(C)c1C. The van der Waals surface area contributed by atoms with Crippen molar-refractivity contribution < 1.29 is 1.37 Å². The molecule has 0 atom stereocenters. The number of hydrogen-bond acceptors (Lipinski definition) is 3. The van der Waals surface area contributed by atoms with Gasteiger partial charge in [0.1, 0.15) is 0 Å². The van der Waals surface area contributed by atoms with Crippen molar-refractivity contribution in [3.05, 3.63) is 17.4 Å². The first-order chi connectivity index (χ1) is 4.61. The minimum atomic E-state index is 0.174. The largest absolute Gasteiger partial charge is 0.368 e. The quantitative estimate of drug-likeness (QED) is 0.554. The van der Waals surface area contributed by atoms with E-state index < -0.39 is 0 Å². The van der Waals surface area contributed by atoms with E-state index in [1.54, 1.807) is 6.92 Å². The summed E-state index contributed by atoms with van der Waals surface area (Å²) in [6.07, 6.45) is 0.213. The molecule has 1 rings (SSSR count). The van der Waals surface area contributed by atoms with E-state index in [1.165, 1.54) is 0 Å². The number of nitrogens with two attached hydrogens (primary N) is 1. The third kappa shape index (κ3) is 1.16. The molecule has 3 nitrogen and oxygen atoms in total. The molecule has 0 aliphatic rings. The minimum Gasteiger partial charge on any atom is -0.368 e. The first-order valence-electron chi connectivity index (χ1n) is 3.18. The van der Waals surface area contributed by atoms with Gasteiger partial charge in [0.05, 0.1) is 1.37 Å². The summed E-state index contributed by atoms with van der Waals surface area (Å²) in [6, 6.07) is 0. The van der Waals surface area contributed by atoms with Crippen molar-refractivity contribution in [2.75, 3.05) is 5.73 Å². The number of anilines is 1. The van der Waals surface area contributed by atoms with Gasteiger partial charge in [0, 0.05) is 11.9 Å². The van der Waals surface area contributed by atoms with Crippen LogP contribution in [-0.4, -0.2) is 9.97 Å². The highest BCUT2D eigenvalue weighted by Gasteiger charge is 1.92. The Balaban J connectivity index is 3.31. The Kier molecular flexibility index (Phi) is 1.06. The Morgan fingerprint density at radius 1 is 1.67 bits per heavy atom. The molecule has 0 fully saturated rings. The van der Waals surface area contributed by atoms with Crippen molar-refractivity contribution in [3.8, 4) is 0 Å². The molecule has 0 saturated heterocycles. The van der Waals surface area contributed by atoms with Crippen molar-refractivity contribution in [2.24, 2.45) is 0 Å². The minimum absolute atomic E-state index is 0.174. The fourth-order valence-electron chi connectivity index (χ4n) is 0.503. The summed E-state index contributed by atoms with van der Waals surface area (Å²) in [4.78, 5) is 7.55. The average molecular weight is 125 g/mol. The lowest BCUT2D eigenvalue weighted by Crippen LogP contribution is -1.97. The van der Waals surface area contributed by atoms with E-state index >= 15 is 0 Å². The number of rotatable bonds is 0. The zero-order valence-corrected chi connectivity index (χ0v) is 5.47. The molecule has 0 saturated carbocycles. The van der Waals surface area contributed by atoms with Crippen molar-refractivity contribution in [2.45, 2.75) is 13.8 Å². The van der Waals surface area contributed by atoms with Crippen molar-refractivity contribution in [1.29, 1.82) is 0 Å². The summed E-state index contributed by atoms with van der Waals surface area (Å²) in [7, 11) is 0. The number of nitrogens with zero attached hydrogens (tertiary/aromatic N) is 2. The molecule has 1 heterocycles. The summed E-state index contributed by atoms with van der Waals surface area (Å²) in [6.45, 7) is 3.61.